The van der Waals surface area contributed by atoms with Gasteiger partial charge in [-0.2, -0.15) is 17.6 Å². The van der Waals surface area contributed by atoms with Crippen molar-refractivity contribution in [2.45, 2.75) is 38.4 Å². The van der Waals surface area contributed by atoms with Gasteiger partial charge in [0.25, 0.3) is 23.2 Å². The lowest BCUT2D eigenvalue weighted by atomic mass is 10.1. The number of alkyl halides is 4. The number of rotatable bonds is 11. The summed E-state index contributed by atoms with van der Waals surface area (Å²) in [7, 11) is 0. The molecule has 1 aromatic carbocycles. The average Bonchev–Trinajstić information content (AvgIpc) is 3.46. The molecule has 0 spiro atoms. The highest BCUT2D eigenvalue weighted by Gasteiger charge is 2.30. The van der Waals surface area contributed by atoms with E-state index < -0.39 is 52.6 Å². The maximum atomic E-state index is 14.6. The first kappa shape index (κ1) is 30.7. The van der Waals surface area contributed by atoms with E-state index in [-0.39, 0.29) is 43.0 Å². The van der Waals surface area contributed by atoms with Gasteiger partial charge in [-0.25, -0.2) is 9.07 Å². The standard InChI is InChI=1S/C27H22F5N7O4/c28-18(14-39-15-21(36-37-39)24(41)34-13-19-12-17(6-9-33-19)27(30,31)32)7-10-38-11-8-20(22(29)26(38)43)35-25(42)23(40)16-4-2-1-3-5-16/h1-6,8-9,11-12,15,18H,7,10,13-14H2,(H,34,41)(H,35,42). The predicted octanol–water partition coefficient (Wildman–Crippen LogP) is 3.17. The summed E-state index contributed by atoms with van der Waals surface area (Å²) in [6.45, 7) is -0.943. The highest BCUT2D eigenvalue weighted by atomic mass is 19.4. The number of amides is 2. The molecule has 0 saturated heterocycles. The van der Waals surface area contributed by atoms with E-state index in [1.807, 2.05) is 0 Å². The van der Waals surface area contributed by atoms with Crippen molar-refractivity contribution in [3.63, 3.8) is 0 Å². The minimum Gasteiger partial charge on any atom is -0.345 e. The number of ketones is 1. The van der Waals surface area contributed by atoms with Gasteiger partial charge in [0.15, 0.2) is 5.69 Å². The number of aromatic nitrogens is 5. The molecular weight excluding hydrogens is 581 g/mol. The minimum atomic E-state index is -4.57. The summed E-state index contributed by atoms with van der Waals surface area (Å²) in [5.74, 6) is -4.18. The van der Waals surface area contributed by atoms with Gasteiger partial charge in [0, 0.05) is 24.5 Å². The third kappa shape index (κ3) is 7.93. The Kier molecular flexibility index (Phi) is 9.37. The van der Waals surface area contributed by atoms with Crippen molar-refractivity contribution in [2.24, 2.45) is 0 Å². The Bertz CT molecular complexity index is 1690. The summed E-state index contributed by atoms with van der Waals surface area (Å²) >= 11 is 0. The third-order valence-electron chi connectivity index (χ3n) is 6.01. The van der Waals surface area contributed by atoms with Crippen LogP contribution in [0.25, 0.3) is 0 Å². The maximum Gasteiger partial charge on any atom is 0.416 e. The Hall–Kier alpha value is -5.28. The van der Waals surface area contributed by atoms with Gasteiger partial charge in [-0.3, -0.25) is 24.2 Å². The second-order valence-corrected chi connectivity index (χ2v) is 9.12. The molecule has 11 nitrogen and oxygen atoms in total. The van der Waals surface area contributed by atoms with Crippen LogP contribution >= 0.6 is 0 Å². The first-order valence-corrected chi connectivity index (χ1v) is 12.6. The van der Waals surface area contributed by atoms with Crippen LogP contribution in [0.1, 0.15) is 38.5 Å². The second-order valence-electron chi connectivity index (χ2n) is 9.12. The number of pyridine rings is 2. The van der Waals surface area contributed by atoms with Crippen LogP contribution in [0, 0.1) is 5.82 Å². The summed E-state index contributed by atoms with van der Waals surface area (Å²) in [6.07, 6.45) is -3.21. The Balaban J connectivity index is 1.28. The molecular formula is C27H22F5N7O4. The lowest BCUT2D eigenvalue weighted by Gasteiger charge is -2.11. The van der Waals surface area contributed by atoms with Gasteiger partial charge in [0.2, 0.25) is 5.82 Å². The van der Waals surface area contributed by atoms with Crippen molar-refractivity contribution < 1.29 is 36.3 Å². The van der Waals surface area contributed by atoms with Gasteiger partial charge < -0.3 is 15.2 Å². The average molecular weight is 604 g/mol. The largest absolute Gasteiger partial charge is 0.416 e. The summed E-state index contributed by atoms with van der Waals surface area (Å²) < 4.78 is 69.7. The number of aryl methyl sites for hydroxylation is 1. The Labute approximate surface area is 239 Å². The Morgan fingerprint density at radius 2 is 1.79 bits per heavy atom. The van der Waals surface area contributed by atoms with Crippen LogP contribution < -0.4 is 16.2 Å². The van der Waals surface area contributed by atoms with Crippen LogP contribution in [0.5, 0.6) is 0 Å². The fraction of sp³-hybridized carbons (Fsp3) is 0.222. The van der Waals surface area contributed by atoms with E-state index in [2.05, 4.69) is 25.9 Å². The molecule has 0 saturated carbocycles. The number of hydrogen-bond donors (Lipinski definition) is 2. The van der Waals surface area contributed by atoms with Crippen LogP contribution in [-0.4, -0.2) is 48.3 Å². The highest BCUT2D eigenvalue weighted by Crippen LogP contribution is 2.29. The molecule has 1 unspecified atom stereocenters. The van der Waals surface area contributed by atoms with E-state index in [0.717, 1.165) is 46.0 Å². The quantitative estimate of drug-likeness (QED) is 0.152. The summed E-state index contributed by atoms with van der Waals surface area (Å²) in [6, 6.07) is 10.2. The zero-order valence-corrected chi connectivity index (χ0v) is 22.0. The molecule has 0 fully saturated rings. The molecule has 2 amide bonds. The van der Waals surface area contributed by atoms with Gasteiger partial charge in [0.05, 0.1) is 36.2 Å². The van der Waals surface area contributed by atoms with Crippen molar-refractivity contribution in [1.82, 2.24) is 29.9 Å². The number of anilines is 1. The van der Waals surface area contributed by atoms with Gasteiger partial charge in [0.1, 0.15) is 6.17 Å². The van der Waals surface area contributed by atoms with Crippen molar-refractivity contribution >= 4 is 23.3 Å². The molecule has 3 aromatic heterocycles. The molecule has 0 aliphatic carbocycles. The second kappa shape index (κ2) is 13.1. The number of carbonyl (C=O) groups excluding carboxylic acids is 3. The molecule has 224 valence electrons. The fourth-order valence-electron chi connectivity index (χ4n) is 3.80. The fourth-order valence-corrected chi connectivity index (χ4v) is 3.80. The number of nitrogens with zero attached hydrogens (tertiary/aromatic N) is 5. The SMILES string of the molecule is O=C(Nc1ccn(CCC(F)Cn2cc(C(=O)NCc3cc(C(F)(F)F)ccn3)nn2)c(=O)c1F)C(=O)c1ccccc1. The number of Topliss-reactive ketones (excluding diaryl/α,β-unsaturated/α-hetero) is 1. The zero-order chi connectivity index (χ0) is 31.1. The van der Waals surface area contributed by atoms with Crippen molar-refractivity contribution in [3.8, 4) is 0 Å². The van der Waals surface area contributed by atoms with Crippen molar-refractivity contribution in [2.75, 3.05) is 5.32 Å². The number of benzene rings is 1. The van der Waals surface area contributed by atoms with Crippen molar-refractivity contribution in [1.29, 1.82) is 0 Å². The minimum absolute atomic E-state index is 0.0397. The Morgan fingerprint density at radius 3 is 2.51 bits per heavy atom. The third-order valence-corrected chi connectivity index (χ3v) is 6.01. The van der Waals surface area contributed by atoms with Gasteiger partial charge >= 0.3 is 6.18 Å². The highest BCUT2D eigenvalue weighted by molar-refractivity contribution is 6.46. The van der Waals surface area contributed by atoms with Crippen LogP contribution in [0.3, 0.4) is 0 Å². The van der Waals surface area contributed by atoms with E-state index in [4.69, 9.17) is 0 Å². The van der Waals surface area contributed by atoms with Crippen LogP contribution in [0.4, 0.5) is 27.6 Å². The van der Waals surface area contributed by atoms with E-state index in [0.29, 0.717) is 0 Å². The lowest BCUT2D eigenvalue weighted by molar-refractivity contribution is -0.137. The first-order chi connectivity index (χ1) is 20.4. The molecule has 0 bridgehead atoms. The van der Waals surface area contributed by atoms with Crippen LogP contribution in [-0.2, 0) is 30.6 Å². The normalized spacial score (nSPS) is 12.0. The number of nitrogens with one attached hydrogen (secondary N) is 2. The van der Waals surface area contributed by atoms with Gasteiger partial charge in [-0.05, 0) is 24.6 Å². The number of hydrogen-bond acceptors (Lipinski definition) is 7. The van der Waals surface area contributed by atoms with Crippen LogP contribution in [0.2, 0.25) is 0 Å². The maximum absolute atomic E-state index is 14.6. The molecule has 0 aliphatic heterocycles. The number of carbonyl (C=O) groups is 3. The van der Waals surface area contributed by atoms with Crippen molar-refractivity contribution in [3.05, 3.63) is 106 Å². The molecule has 0 radical (unpaired) electrons. The molecule has 1 atom stereocenters. The van der Waals surface area contributed by atoms with E-state index in [9.17, 15) is 41.1 Å². The molecule has 4 rings (SSSR count). The molecule has 0 aliphatic rings. The molecule has 4 aromatic rings. The van der Waals surface area contributed by atoms with E-state index in [1.54, 1.807) is 18.2 Å². The summed E-state index contributed by atoms with van der Waals surface area (Å²) in [4.78, 5) is 52.8. The van der Waals surface area contributed by atoms with Crippen LogP contribution in [0.15, 0.2) is 71.9 Å². The monoisotopic (exact) mass is 603 g/mol. The summed E-state index contributed by atoms with van der Waals surface area (Å²) in [5.41, 5.74) is -2.76. The Morgan fingerprint density at radius 1 is 1.05 bits per heavy atom. The lowest BCUT2D eigenvalue weighted by Crippen LogP contribution is -2.29. The van der Waals surface area contributed by atoms with E-state index >= 15 is 0 Å². The number of halogens is 5. The zero-order valence-electron chi connectivity index (χ0n) is 22.0. The predicted molar refractivity (Wildman–Crippen MR) is 140 cm³/mol. The molecule has 2 N–H and O–H groups in total. The van der Waals surface area contributed by atoms with E-state index in [1.165, 1.54) is 12.1 Å². The molecule has 43 heavy (non-hydrogen) atoms. The molecule has 16 heteroatoms. The van der Waals surface area contributed by atoms with Gasteiger partial charge in [-0.1, -0.05) is 35.5 Å². The summed E-state index contributed by atoms with van der Waals surface area (Å²) in [5, 5.41) is 11.7. The molecule has 3 heterocycles. The first-order valence-electron chi connectivity index (χ1n) is 12.6. The smallest absolute Gasteiger partial charge is 0.345 e. The topological polar surface area (TPSA) is 141 Å². The van der Waals surface area contributed by atoms with Gasteiger partial charge in [-0.15, -0.1) is 5.10 Å².